The van der Waals surface area contributed by atoms with Crippen molar-refractivity contribution in [1.29, 1.82) is 0 Å². The maximum absolute atomic E-state index is 9.43. The molecule has 4 N–H and O–H groups in total. The summed E-state index contributed by atoms with van der Waals surface area (Å²) in [6, 6.07) is -0.254. The van der Waals surface area contributed by atoms with Crippen molar-refractivity contribution in [3.8, 4) is 0 Å². The molecule has 1 aliphatic carbocycles. The van der Waals surface area contributed by atoms with Gasteiger partial charge >= 0.3 is 0 Å². The van der Waals surface area contributed by atoms with Gasteiger partial charge in [0.2, 0.25) is 0 Å². The minimum atomic E-state index is -0.254. The first-order chi connectivity index (χ1) is 7.26. The predicted molar refractivity (Wildman–Crippen MR) is 58.6 cm³/mol. The van der Waals surface area contributed by atoms with Gasteiger partial charge in [0.05, 0.1) is 19.3 Å². The molecule has 4 heteroatoms. The molecule has 1 aliphatic rings. The Bertz CT molecular complexity index is 165. The van der Waals surface area contributed by atoms with E-state index in [-0.39, 0.29) is 31.3 Å². The Hall–Kier alpha value is -0.160. The van der Waals surface area contributed by atoms with Crippen LogP contribution in [0.4, 0.5) is 0 Å². The van der Waals surface area contributed by atoms with Gasteiger partial charge in [0.15, 0.2) is 0 Å². The third-order valence-electron chi connectivity index (χ3n) is 3.46. The lowest BCUT2D eigenvalue weighted by Gasteiger charge is -2.36. The lowest BCUT2D eigenvalue weighted by Crippen LogP contribution is -2.45. The van der Waals surface area contributed by atoms with Gasteiger partial charge in [-0.05, 0) is 12.8 Å². The van der Waals surface area contributed by atoms with Crippen molar-refractivity contribution in [2.24, 2.45) is 5.41 Å². The first kappa shape index (κ1) is 12.9. The van der Waals surface area contributed by atoms with E-state index in [1.54, 1.807) is 0 Å². The summed E-state index contributed by atoms with van der Waals surface area (Å²) in [7, 11) is 0. The minimum Gasteiger partial charge on any atom is -0.396 e. The van der Waals surface area contributed by atoms with Crippen molar-refractivity contribution in [3.63, 3.8) is 0 Å². The summed E-state index contributed by atoms with van der Waals surface area (Å²) < 4.78 is 0. The Morgan fingerprint density at radius 1 is 1.00 bits per heavy atom. The maximum atomic E-state index is 9.43. The minimum absolute atomic E-state index is 0.0269. The fraction of sp³-hybridized carbons (Fsp3) is 1.00. The third-order valence-corrected chi connectivity index (χ3v) is 3.46. The van der Waals surface area contributed by atoms with Gasteiger partial charge in [0.25, 0.3) is 0 Å². The van der Waals surface area contributed by atoms with Gasteiger partial charge in [0.1, 0.15) is 0 Å². The summed E-state index contributed by atoms with van der Waals surface area (Å²) in [4.78, 5) is 0. The first-order valence-corrected chi connectivity index (χ1v) is 5.82. The van der Waals surface area contributed by atoms with Crippen LogP contribution in [0.15, 0.2) is 0 Å². The van der Waals surface area contributed by atoms with Crippen LogP contribution in [-0.4, -0.2) is 47.7 Å². The highest BCUT2D eigenvalue weighted by Crippen LogP contribution is 2.35. The number of hydrogen-bond acceptors (Lipinski definition) is 4. The Kier molecular flexibility index (Phi) is 5.53. The Labute approximate surface area is 91.3 Å². The van der Waals surface area contributed by atoms with E-state index in [0.29, 0.717) is 6.54 Å². The summed E-state index contributed by atoms with van der Waals surface area (Å²) in [5.41, 5.74) is -0.0269. The van der Waals surface area contributed by atoms with Crippen molar-refractivity contribution in [2.75, 3.05) is 26.4 Å². The van der Waals surface area contributed by atoms with E-state index in [1.165, 1.54) is 19.3 Å². The zero-order valence-electron chi connectivity index (χ0n) is 9.28. The second-order valence-electron chi connectivity index (χ2n) is 4.66. The van der Waals surface area contributed by atoms with Crippen LogP contribution in [0, 0.1) is 5.41 Å². The predicted octanol–water partition coefficient (Wildman–Crippen LogP) is -0.128. The van der Waals surface area contributed by atoms with Crippen LogP contribution in [-0.2, 0) is 0 Å². The second kappa shape index (κ2) is 6.43. The second-order valence-corrected chi connectivity index (χ2v) is 4.66. The summed E-state index contributed by atoms with van der Waals surface area (Å²) in [6.45, 7) is 0.773. The van der Waals surface area contributed by atoms with Crippen LogP contribution in [0.1, 0.15) is 32.1 Å². The van der Waals surface area contributed by atoms with Crippen LogP contribution >= 0.6 is 0 Å². The quantitative estimate of drug-likeness (QED) is 0.500. The highest BCUT2D eigenvalue weighted by Gasteiger charge is 2.31. The average Bonchev–Trinajstić information content (AvgIpc) is 2.31. The highest BCUT2D eigenvalue weighted by atomic mass is 16.3. The molecule has 0 radical (unpaired) electrons. The molecule has 1 saturated carbocycles. The van der Waals surface area contributed by atoms with Crippen LogP contribution < -0.4 is 5.32 Å². The summed E-state index contributed by atoms with van der Waals surface area (Å²) in [5, 5.41) is 30.4. The molecule has 0 atom stereocenters. The van der Waals surface area contributed by atoms with Crippen LogP contribution in [0.2, 0.25) is 0 Å². The van der Waals surface area contributed by atoms with E-state index < -0.39 is 0 Å². The van der Waals surface area contributed by atoms with Crippen LogP contribution in [0.25, 0.3) is 0 Å². The molecular weight excluding hydrogens is 194 g/mol. The topological polar surface area (TPSA) is 72.7 Å². The molecular formula is C11H23NO3. The zero-order chi connectivity index (χ0) is 11.1. The lowest BCUT2D eigenvalue weighted by molar-refractivity contribution is 0.0694. The number of aliphatic hydroxyl groups excluding tert-OH is 3. The van der Waals surface area contributed by atoms with E-state index in [0.717, 1.165) is 12.8 Å². The molecule has 1 rings (SSSR count). The fourth-order valence-electron chi connectivity index (χ4n) is 2.24. The van der Waals surface area contributed by atoms with Gasteiger partial charge in [-0.25, -0.2) is 0 Å². The number of aliphatic hydroxyl groups is 3. The molecule has 0 amide bonds. The Morgan fingerprint density at radius 3 is 2.07 bits per heavy atom. The van der Waals surface area contributed by atoms with Crippen molar-refractivity contribution < 1.29 is 15.3 Å². The maximum Gasteiger partial charge on any atom is 0.0607 e. The van der Waals surface area contributed by atoms with E-state index in [9.17, 15) is 5.11 Å². The van der Waals surface area contributed by atoms with E-state index in [4.69, 9.17) is 10.2 Å². The molecule has 0 aliphatic heterocycles. The van der Waals surface area contributed by atoms with Crippen LogP contribution in [0.5, 0.6) is 0 Å². The Morgan fingerprint density at radius 2 is 1.60 bits per heavy atom. The van der Waals surface area contributed by atoms with Gasteiger partial charge in [-0.3, -0.25) is 0 Å². The molecule has 0 aromatic rings. The summed E-state index contributed by atoms with van der Waals surface area (Å²) in [6.07, 6.45) is 5.68. The smallest absolute Gasteiger partial charge is 0.0607 e. The highest BCUT2D eigenvalue weighted by molar-refractivity contribution is 4.85. The molecule has 0 heterocycles. The Balaban J connectivity index is 2.38. The normalized spacial score (nSPS) is 20.8. The molecule has 15 heavy (non-hydrogen) atoms. The molecule has 1 fully saturated rings. The van der Waals surface area contributed by atoms with Crippen molar-refractivity contribution in [3.05, 3.63) is 0 Å². The monoisotopic (exact) mass is 217 g/mol. The SMILES string of the molecule is OCC(CO)NCC1(CO)CCCCC1. The van der Waals surface area contributed by atoms with E-state index in [1.807, 2.05) is 0 Å². The molecule has 0 unspecified atom stereocenters. The third kappa shape index (κ3) is 3.72. The standard InChI is InChI=1S/C11H23NO3/c13-6-10(7-14)12-8-11(9-15)4-2-1-3-5-11/h10,12-15H,1-9H2. The molecule has 0 spiro atoms. The fourth-order valence-corrected chi connectivity index (χ4v) is 2.24. The average molecular weight is 217 g/mol. The molecule has 90 valence electrons. The first-order valence-electron chi connectivity index (χ1n) is 5.82. The van der Waals surface area contributed by atoms with E-state index in [2.05, 4.69) is 5.32 Å². The molecule has 0 aromatic carbocycles. The van der Waals surface area contributed by atoms with Gasteiger partial charge in [-0.1, -0.05) is 19.3 Å². The van der Waals surface area contributed by atoms with Gasteiger partial charge in [-0.2, -0.15) is 0 Å². The molecule has 0 aromatic heterocycles. The van der Waals surface area contributed by atoms with Crippen LogP contribution in [0.3, 0.4) is 0 Å². The van der Waals surface area contributed by atoms with Gasteiger partial charge in [-0.15, -0.1) is 0 Å². The summed E-state index contributed by atoms with van der Waals surface area (Å²) >= 11 is 0. The molecule has 4 nitrogen and oxygen atoms in total. The van der Waals surface area contributed by atoms with E-state index >= 15 is 0 Å². The van der Waals surface area contributed by atoms with Crippen molar-refractivity contribution in [2.45, 2.75) is 38.1 Å². The number of nitrogens with one attached hydrogen (secondary N) is 1. The van der Waals surface area contributed by atoms with Gasteiger partial charge < -0.3 is 20.6 Å². The lowest BCUT2D eigenvalue weighted by atomic mass is 9.74. The van der Waals surface area contributed by atoms with Crippen molar-refractivity contribution >= 4 is 0 Å². The largest absolute Gasteiger partial charge is 0.396 e. The van der Waals surface area contributed by atoms with Gasteiger partial charge in [0, 0.05) is 18.6 Å². The number of rotatable bonds is 6. The number of hydrogen-bond donors (Lipinski definition) is 4. The summed E-state index contributed by atoms with van der Waals surface area (Å²) in [5.74, 6) is 0. The zero-order valence-corrected chi connectivity index (χ0v) is 9.28. The molecule has 0 bridgehead atoms. The molecule has 0 saturated heterocycles. The van der Waals surface area contributed by atoms with Crippen molar-refractivity contribution in [1.82, 2.24) is 5.32 Å².